The van der Waals surface area contributed by atoms with Crippen LogP contribution in [0.2, 0.25) is 0 Å². The normalized spacial score (nSPS) is 11.7. The number of halogens is 7. The van der Waals surface area contributed by atoms with Gasteiger partial charge in [0.1, 0.15) is 0 Å². The third-order valence-electron chi connectivity index (χ3n) is 3.13. The van der Waals surface area contributed by atoms with Gasteiger partial charge in [-0.2, -0.15) is 0 Å². The summed E-state index contributed by atoms with van der Waals surface area (Å²) in [5, 5.41) is -0.508. The Kier molecular flexibility index (Phi) is 16.1. The topological polar surface area (TPSA) is 43.4 Å². The molecule has 0 bridgehead atoms. The number of hydrogen-bond donors (Lipinski definition) is 0. The number of ketones is 1. The number of benzene rings is 2. The third-order valence-corrected chi connectivity index (χ3v) is 3.89. The summed E-state index contributed by atoms with van der Waals surface area (Å²) in [7, 11) is 0. The molecule has 0 spiro atoms. The van der Waals surface area contributed by atoms with Gasteiger partial charge >= 0.3 is 0 Å². The number of carbonyl (C=O) groups excluding carboxylic acids is 2. The summed E-state index contributed by atoms with van der Waals surface area (Å²) in [5.74, 6) is -4.83. The number of carbonyl (C=O) groups is 2. The highest BCUT2D eigenvalue weighted by atomic mass is 35.5. The maximum absolute atomic E-state index is 12.8. The van der Waals surface area contributed by atoms with Crippen LogP contribution in [0.15, 0.2) is 42.5 Å². The molecule has 2 aromatic carbocycles. The fourth-order valence-corrected chi connectivity index (χ4v) is 1.88. The van der Waals surface area contributed by atoms with E-state index in [2.05, 4.69) is 0 Å². The molecule has 30 heavy (non-hydrogen) atoms. The number of Topliss-reactive ketones (excluding diaryl/α,β-unsaturated/α-hetero) is 1. The Labute approximate surface area is 186 Å². The average molecular weight is 490 g/mol. The molecule has 2 aromatic rings. The van der Waals surface area contributed by atoms with Crippen molar-refractivity contribution in [1.29, 1.82) is 0 Å². The fourth-order valence-electron chi connectivity index (χ4n) is 1.74. The minimum absolute atomic E-state index is 0.0957. The molecule has 1 aliphatic heterocycles. The summed E-state index contributed by atoms with van der Waals surface area (Å²) in [6.07, 6.45) is 2.56. The van der Waals surface area contributed by atoms with Crippen molar-refractivity contribution in [2.45, 2.75) is 12.8 Å². The number of hydrogen-bond acceptors (Lipinski definition) is 3. The van der Waals surface area contributed by atoms with Crippen molar-refractivity contribution in [3.8, 4) is 0 Å². The summed E-state index contributed by atoms with van der Waals surface area (Å²) in [6, 6.07) is 8.45. The minimum Gasteiger partial charge on any atom is -0.381 e. The van der Waals surface area contributed by atoms with E-state index in [4.69, 9.17) is 39.5 Å². The van der Waals surface area contributed by atoms with Crippen LogP contribution in [-0.2, 0) is 9.53 Å². The standard InChI is InChI=1S/C8H5ClF2O.C6H4F2.C4H8O.C2H2Cl2O/c9-4-7(12)5-2-1-3-6(10)8(5)11;7-5-3-1-2-4-6(5)8;1-2-4-5-3-1;3-1-2(4)5/h1-3H,4H2;1-4H;1-4H2;1H2. The first-order chi connectivity index (χ1) is 14.2. The van der Waals surface area contributed by atoms with Gasteiger partial charge in [0.2, 0.25) is 5.24 Å². The molecular formula is C20H19Cl3F4O3. The van der Waals surface area contributed by atoms with Gasteiger partial charge in [0.25, 0.3) is 0 Å². The Morgan fingerprint density at radius 3 is 1.60 bits per heavy atom. The lowest BCUT2D eigenvalue weighted by molar-refractivity contribution is -0.109. The van der Waals surface area contributed by atoms with Crippen LogP contribution in [0, 0.1) is 23.3 Å². The first-order valence-electron chi connectivity index (χ1n) is 8.49. The van der Waals surface area contributed by atoms with Crippen molar-refractivity contribution in [3.63, 3.8) is 0 Å². The number of alkyl halides is 2. The first kappa shape index (κ1) is 28.3. The maximum atomic E-state index is 12.8. The van der Waals surface area contributed by atoms with Crippen molar-refractivity contribution in [1.82, 2.24) is 0 Å². The van der Waals surface area contributed by atoms with Crippen molar-refractivity contribution in [3.05, 3.63) is 71.3 Å². The highest BCUT2D eigenvalue weighted by Crippen LogP contribution is 2.12. The van der Waals surface area contributed by atoms with Crippen LogP contribution in [0.1, 0.15) is 23.2 Å². The largest absolute Gasteiger partial charge is 0.381 e. The zero-order valence-electron chi connectivity index (χ0n) is 15.7. The summed E-state index contributed by atoms with van der Waals surface area (Å²) in [5.41, 5.74) is -0.301. The van der Waals surface area contributed by atoms with Crippen LogP contribution in [0.5, 0.6) is 0 Å². The van der Waals surface area contributed by atoms with Crippen LogP contribution in [0.25, 0.3) is 0 Å². The molecule has 0 N–H and O–H groups in total. The SMILES string of the molecule is C1CCOC1.Fc1ccccc1F.O=C(CCl)c1cccc(F)c1F.O=C(Cl)CCl. The Morgan fingerprint density at radius 1 is 0.800 bits per heavy atom. The van der Waals surface area contributed by atoms with E-state index in [-0.39, 0.29) is 17.3 Å². The molecule has 0 amide bonds. The number of rotatable bonds is 3. The van der Waals surface area contributed by atoms with Crippen LogP contribution in [0.4, 0.5) is 17.6 Å². The van der Waals surface area contributed by atoms with Gasteiger partial charge in [-0.3, -0.25) is 9.59 Å². The molecular weight excluding hydrogens is 471 g/mol. The maximum Gasteiger partial charge on any atom is 0.236 e. The lowest BCUT2D eigenvalue weighted by Gasteiger charge is -1.98. The molecule has 1 fully saturated rings. The smallest absolute Gasteiger partial charge is 0.236 e. The van der Waals surface area contributed by atoms with Crippen LogP contribution < -0.4 is 0 Å². The van der Waals surface area contributed by atoms with Crippen molar-refractivity contribution < 1.29 is 31.9 Å². The third kappa shape index (κ3) is 12.8. The van der Waals surface area contributed by atoms with Crippen LogP contribution >= 0.6 is 34.8 Å². The zero-order valence-corrected chi connectivity index (χ0v) is 17.9. The molecule has 1 aliphatic rings. The molecule has 1 heterocycles. The predicted octanol–water partition coefficient (Wildman–Crippen LogP) is 6.14. The van der Waals surface area contributed by atoms with Gasteiger partial charge < -0.3 is 4.74 Å². The van der Waals surface area contributed by atoms with Gasteiger partial charge in [-0.05, 0) is 48.7 Å². The van der Waals surface area contributed by atoms with E-state index in [1.54, 1.807) is 0 Å². The number of ether oxygens (including phenoxy) is 1. The van der Waals surface area contributed by atoms with Crippen molar-refractivity contribution in [2.24, 2.45) is 0 Å². The molecule has 0 aliphatic carbocycles. The Bertz CT molecular complexity index is 759. The molecule has 1 saturated heterocycles. The van der Waals surface area contributed by atoms with Gasteiger partial charge in [0, 0.05) is 13.2 Å². The zero-order chi connectivity index (χ0) is 22.9. The van der Waals surface area contributed by atoms with Crippen LogP contribution in [-0.4, -0.2) is 36.0 Å². The highest BCUT2D eigenvalue weighted by Gasteiger charge is 2.13. The van der Waals surface area contributed by atoms with Gasteiger partial charge in [0.05, 0.1) is 17.3 Å². The van der Waals surface area contributed by atoms with Crippen LogP contribution in [0.3, 0.4) is 0 Å². The Balaban J connectivity index is 0.000000403. The second-order valence-electron chi connectivity index (χ2n) is 5.38. The van der Waals surface area contributed by atoms with Gasteiger partial charge in [-0.15, -0.1) is 23.2 Å². The highest BCUT2D eigenvalue weighted by molar-refractivity contribution is 6.67. The summed E-state index contributed by atoms with van der Waals surface area (Å²) in [4.78, 5) is 20.3. The molecule has 10 heteroatoms. The second-order valence-corrected chi connectivity index (χ2v) is 6.34. The second kappa shape index (κ2) is 17.1. The van der Waals surface area contributed by atoms with Gasteiger partial charge in [0.15, 0.2) is 29.1 Å². The first-order valence-corrected chi connectivity index (χ1v) is 9.94. The van der Waals surface area contributed by atoms with E-state index >= 15 is 0 Å². The lowest BCUT2D eigenvalue weighted by atomic mass is 10.1. The van der Waals surface area contributed by atoms with E-state index in [1.807, 2.05) is 0 Å². The molecule has 3 nitrogen and oxygen atoms in total. The monoisotopic (exact) mass is 488 g/mol. The summed E-state index contributed by atoms with van der Waals surface area (Å²) >= 11 is 14.7. The molecule has 0 radical (unpaired) electrons. The summed E-state index contributed by atoms with van der Waals surface area (Å²) < 4.78 is 54.1. The summed E-state index contributed by atoms with van der Waals surface area (Å²) in [6.45, 7) is 2.00. The van der Waals surface area contributed by atoms with E-state index in [1.165, 1.54) is 37.1 Å². The molecule has 0 atom stereocenters. The Morgan fingerprint density at radius 2 is 1.27 bits per heavy atom. The predicted molar refractivity (Wildman–Crippen MR) is 109 cm³/mol. The molecule has 0 unspecified atom stereocenters. The van der Waals surface area contributed by atoms with E-state index in [0.29, 0.717) is 0 Å². The average Bonchev–Trinajstić information content (AvgIpc) is 3.33. The van der Waals surface area contributed by atoms with Gasteiger partial charge in [-0.1, -0.05) is 18.2 Å². The molecule has 0 aromatic heterocycles. The fraction of sp³-hybridized carbons (Fsp3) is 0.300. The van der Waals surface area contributed by atoms with E-state index < -0.39 is 34.3 Å². The lowest BCUT2D eigenvalue weighted by Crippen LogP contribution is -2.04. The van der Waals surface area contributed by atoms with Gasteiger partial charge in [-0.25, -0.2) is 17.6 Å². The molecule has 166 valence electrons. The molecule has 3 rings (SSSR count). The minimum atomic E-state index is -1.14. The van der Waals surface area contributed by atoms with Crippen molar-refractivity contribution in [2.75, 3.05) is 25.0 Å². The molecule has 0 saturated carbocycles. The quantitative estimate of drug-likeness (QED) is 0.225. The van der Waals surface area contributed by atoms with E-state index in [9.17, 15) is 27.2 Å². The Hall–Kier alpha value is -1.67. The van der Waals surface area contributed by atoms with E-state index in [0.717, 1.165) is 31.4 Å². The van der Waals surface area contributed by atoms with Crippen molar-refractivity contribution >= 4 is 45.8 Å².